The second-order valence-electron chi connectivity index (χ2n) is 7.06. The molecule has 3 amide bonds. The minimum absolute atomic E-state index is 0.0822. The number of benzene rings is 2. The van der Waals surface area contributed by atoms with E-state index in [1.165, 1.54) is 18.3 Å². The molecule has 1 aliphatic rings. The molecule has 2 aromatic carbocycles. The average Bonchev–Trinajstić information content (AvgIpc) is 3.40. The first-order valence-corrected chi connectivity index (χ1v) is 10.3. The summed E-state index contributed by atoms with van der Waals surface area (Å²) < 4.78 is 1.67. The Labute approximate surface area is 180 Å². The minimum Gasteiger partial charge on any atom is -0.326 e. The van der Waals surface area contributed by atoms with E-state index in [9.17, 15) is 14.4 Å². The molecule has 0 saturated heterocycles. The molecule has 0 radical (unpaired) electrons. The summed E-state index contributed by atoms with van der Waals surface area (Å²) in [5.41, 5.74) is 4.39. The fourth-order valence-corrected chi connectivity index (χ4v) is 4.24. The zero-order valence-corrected chi connectivity index (χ0v) is 17.1. The summed E-state index contributed by atoms with van der Waals surface area (Å²) >= 11 is 1.41. The minimum atomic E-state index is -0.346. The Morgan fingerprint density at radius 1 is 1.13 bits per heavy atom. The lowest BCUT2D eigenvalue weighted by molar-refractivity contribution is -0.115. The van der Waals surface area contributed by atoms with Gasteiger partial charge in [0.1, 0.15) is 0 Å². The normalized spacial score (nSPS) is 12.5. The van der Waals surface area contributed by atoms with Crippen molar-refractivity contribution in [1.29, 1.82) is 0 Å². The van der Waals surface area contributed by atoms with Gasteiger partial charge in [-0.2, -0.15) is 4.98 Å². The number of thiazole rings is 1. The summed E-state index contributed by atoms with van der Waals surface area (Å²) in [6, 6.07) is 12.5. The molecular formula is C21H16N6O3S. The van der Waals surface area contributed by atoms with Gasteiger partial charge in [0.25, 0.3) is 11.9 Å². The van der Waals surface area contributed by atoms with Gasteiger partial charge in [0.2, 0.25) is 16.8 Å². The van der Waals surface area contributed by atoms with Crippen LogP contribution in [0.2, 0.25) is 0 Å². The third-order valence-electron chi connectivity index (χ3n) is 4.80. The van der Waals surface area contributed by atoms with E-state index in [2.05, 4.69) is 26.0 Å². The van der Waals surface area contributed by atoms with Crippen LogP contribution in [0.3, 0.4) is 0 Å². The second-order valence-corrected chi connectivity index (χ2v) is 7.90. The molecule has 1 aliphatic heterocycles. The molecule has 0 fully saturated rings. The Kier molecular flexibility index (Phi) is 4.48. The summed E-state index contributed by atoms with van der Waals surface area (Å²) in [6.45, 7) is 1.46. The van der Waals surface area contributed by atoms with Crippen LogP contribution < -0.4 is 16.0 Å². The molecule has 3 N–H and O–H groups in total. The summed E-state index contributed by atoms with van der Waals surface area (Å²) in [4.78, 5) is 40.3. The van der Waals surface area contributed by atoms with Crippen molar-refractivity contribution < 1.29 is 14.4 Å². The molecule has 154 valence electrons. The number of carbonyl (C=O) groups excluding carboxylic acids is 3. The van der Waals surface area contributed by atoms with Crippen molar-refractivity contribution in [3.63, 3.8) is 0 Å². The van der Waals surface area contributed by atoms with Crippen LogP contribution in [0.25, 0.3) is 16.2 Å². The number of hydrogen-bond donors (Lipinski definition) is 3. The zero-order chi connectivity index (χ0) is 21.5. The second kappa shape index (κ2) is 7.33. The quantitative estimate of drug-likeness (QED) is 0.458. The van der Waals surface area contributed by atoms with E-state index in [-0.39, 0.29) is 30.1 Å². The van der Waals surface area contributed by atoms with Crippen LogP contribution in [0.15, 0.2) is 47.8 Å². The Morgan fingerprint density at radius 2 is 1.94 bits per heavy atom. The SMILES string of the molecule is CC(=O)Nc1ccc(-c2csc3nc(NC(=O)c4ccc5c(c4)CC(=O)N5)nn23)cc1. The standard InChI is InChI=1S/C21H16N6O3S/c1-11(28)22-15-5-2-12(3-6-15)17-10-31-21-25-20(26-27(17)21)24-19(30)13-4-7-16-14(8-13)9-18(29)23-16/h2-8,10H,9H2,1H3,(H,22,28)(H,23,29)(H,24,26,30). The Hall–Kier alpha value is -4.05. The van der Waals surface area contributed by atoms with Gasteiger partial charge < -0.3 is 10.6 Å². The molecule has 5 rings (SSSR count). The molecule has 9 nitrogen and oxygen atoms in total. The van der Waals surface area contributed by atoms with E-state index in [1.54, 1.807) is 22.7 Å². The molecule has 4 aromatic rings. The number of nitrogens with one attached hydrogen (secondary N) is 3. The number of fused-ring (bicyclic) bond motifs is 2. The Balaban J connectivity index is 1.37. The lowest BCUT2D eigenvalue weighted by atomic mass is 10.1. The maximum Gasteiger partial charge on any atom is 0.258 e. The highest BCUT2D eigenvalue weighted by Gasteiger charge is 2.20. The van der Waals surface area contributed by atoms with Crippen LogP contribution in [0.4, 0.5) is 17.3 Å². The number of aromatic nitrogens is 3. The van der Waals surface area contributed by atoms with E-state index in [1.807, 2.05) is 29.6 Å². The molecule has 0 spiro atoms. The van der Waals surface area contributed by atoms with E-state index < -0.39 is 0 Å². The average molecular weight is 432 g/mol. The summed E-state index contributed by atoms with van der Waals surface area (Å²) in [6.07, 6.45) is 0.263. The van der Waals surface area contributed by atoms with Gasteiger partial charge in [-0.25, -0.2) is 4.52 Å². The van der Waals surface area contributed by atoms with Crippen molar-refractivity contribution in [2.45, 2.75) is 13.3 Å². The number of rotatable bonds is 4. The van der Waals surface area contributed by atoms with E-state index in [0.29, 0.717) is 16.2 Å². The van der Waals surface area contributed by atoms with Crippen molar-refractivity contribution in [2.24, 2.45) is 0 Å². The smallest absolute Gasteiger partial charge is 0.258 e. The van der Waals surface area contributed by atoms with E-state index in [4.69, 9.17) is 0 Å². The van der Waals surface area contributed by atoms with Crippen molar-refractivity contribution in [3.05, 3.63) is 59.0 Å². The van der Waals surface area contributed by atoms with Crippen LogP contribution in [0, 0.1) is 0 Å². The molecule has 2 aromatic heterocycles. The first-order valence-electron chi connectivity index (χ1n) is 9.43. The van der Waals surface area contributed by atoms with Crippen LogP contribution in [-0.2, 0) is 16.0 Å². The number of nitrogens with zero attached hydrogens (tertiary/aromatic N) is 3. The molecule has 0 saturated carbocycles. The monoisotopic (exact) mass is 432 g/mol. The Bertz CT molecular complexity index is 1360. The largest absolute Gasteiger partial charge is 0.326 e. The van der Waals surface area contributed by atoms with Crippen molar-refractivity contribution >= 4 is 51.3 Å². The molecular weight excluding hydrogens is 416 g/mol. The first-order chi connectivity index (χ1) is 15.0. The number of amides is 3. The van der Waals surface area contributed by atoms with Gasteiger partial charge in [-0.1, -0.05) is 12.1 Å². The summed E-state index contributed by atoms with van der Waals surface area (Å²) in [7, 11) is 0. The lowest BCUT2D eigenvalue weighted by Crippen LogP contribution is -2.13. The first kappa shape index (κ1) is 18.9. The lowest BCUT2D eigenvalue weighted by Gasteiger charge is -2.04. The fraction of sp³-hybridized carbons (Fsp3) is 0.0952. The fourth-order valence-electron chi connectivity index (χ4n) is 3.40. The molecule has 0 aliphatic carbocycles. The highest BCUT2D eigenvalue weighted by molar-refractivity contribution is 7.15. The highest BCUT2D eigenvalue weighted by atomic mass is 32.1. The van der Waals surface area contributed by atoms with Gasteiger partial charge >= 0.3 is 0 Å². The van der Waals surface area contributed by atoms with Crippen molar-refractivity contribution in [3.8, 4) is 11.3 Å². The van der Waals surface area contributed by atoms with Crippen LogP contribution in [0.1, 0.15) is 22.8 Å². The van der Waals surface area contributed by atoms with Gasteiger partial charge in [0.05, 0.1) is 12.1 Å². The van der Waals surface area contributed by atoms with Crippen LogP contribution >= 0.6 is 11.3 Å². The molecule has 31 heavy (non-hydrogen) atoms. The number of anilines is 3. The third kappa shape index (κ3) is 3.64. The highest BCUT2D eigenvalue weighted by Crippen LogP contribution is 2.28. The molecule has 0 unspecified atom stereocenters. The van der Waals surface area contributed by atoms with Crippen molar-refractivity contribution in [2.75, 3.05) is 16.0 Å². The number of carbonyl (C=O) groups is 3. The Morgan fingerprint density at radius 3 is 2.71 bits per heavy atom. The molecule has 3 heterocycles. The van der Waals surface area contributed by atoms with Gasteiger partial charge in [-0.15, -0.1) is 16.4 Å². The maximum atomic E-state index is 12.6. The summed E-state index contributed by atoms with van der Waals surface area (Å²) in [5.74, 6) is -0.362. The van der Waals surface area contributed by atoms with Gasteiger partial charge in [-0.3, -0.25) is 19.7 Å². The zero-order valence-electron chi connectivity index (χ0n) is 16.3. The van der Waals surface area contributed by atoms with Crippen LogP contribution in [-0.4, -0.2) is 32.3 Å². The number of hydrogen-bond acceptors (Lipinski definition) is 6. The van der Waals surface area contributed by atoms with Crippen LogP contribution in [0.5, 0.6) is 0 Å². The van der Waals surface area contributed by atoms with E-state index >= 15 is 0 Å². The summed E-state index contributed by atoms with van der Waals surface area (Å²) in [5, 5.41) is 14.5. The molecule has 0 bridgehead atoms. The third-order valence-corrected chi connectivity index (χ3v) is 5.62. The predicted molar refractivity (Wildman–Crippen MR) is 117 cm³/mol. The van der Waals surface area contributed by atoms with Gasteiger partial charge in [-0.05, 0) is 35.9 Å². The molecule has 10 heteroatoms. The maximum absolute atomic E-state index is 12.6. The van der Waals surface area contributed by atoms with Crippen molar-refractivity contribution in [1.82, 2.24) is 14.6 Å². The topological polar surface area (TPSA) is 117 Å². The van der Waals surface area contributed by atoms with E-state index in [0.717, 1.165) is 22.5 Å². The van der Waals surface area contributed by atoms with Gasteiger partial charge in [0, 0.05) is 34.8 Å². The molecule has 0 atom stereocenters. The predicted octanol–water partition coefficient (Wildman–Crippen LogP) is 3.16. The van der Waals surface area contributed by atoms with Gasteiger partial charge in [0.15, 0.2) is 0 Å².